The quantitative estimate of drug-likeness (QED) is 0.794. The maximum absolute atomic E-state index is 11.7. The molecular formula is C17H16N2O4. The predicted molar refractivity (Wildman–Crippen MR) is 84.8 cm³/mol. The fourth-order valence-electron chi connectivity index (χ4n) is 1.76. The number of ether oxygens (including phenoxy) is 1. The van der Waals surface area contributed by atoms with Gasteiger partial charge in [0.2, 0.25) is 0 Å². The molecule has 2 rings (SSSR count). The molecular weight excluding hydrogens is 296 g/mol. The molecule has 2 aromatic rings. The Balaban J connectivity index is 1.69. The van der Waals surface area contributed by atoms with Gasteiger partial charge in [-0.05, 0) is 24.3 Å². The van der Waals surface area contributed by atoms with E-state index >= 15 is 0 Å². The summed E-state index contributed by atoms with van der Waals surface area (Å²) in [6.45, 7) is -0.707. The summed E-state index contributed by atoms with van der Waals surface area (Å²) in [6, 6.07) is 17.3. The molecule has 0 aliphatic carbocycles. The van der Waals surface area contributed by atoms with Crippen LogP contribution in [0.4, 0.5) is 5.69 Å². The summed E-state index contributed by atoms with van der Waals surface area (Å²) in [7, 11) is 0. The lowest BCUT2D eigenvalue weighted by Gasteiger charge is -2.07. The van der Waals surface area contributed by atoms with E-state index in [1.165, 1.54) is 0 Å². The van der Waals surface area contributed by atoms with E-state index in [-0.39, 0.29) is 12.5 Å². The first-order valence-electron chi connectivity index (χ1n) is 6.99. The number of hydrogen-bond acceptors (Lipinski definition) is 4. The topological polar surface area (TPSA) is 84.5 Å². The zero-order valence-electron chi connectivity index (χ0n) is 12.3. The molecule has 2 amide bonds. The van der Waals surface area contributed by atoms with Gasteiger partial charge in [-0.2, -0.15) is 0 Å². The first-order valence-corrected chi connectivity index (χ1v) is 6.99. The van der Waals surface area contributed by atoms with Gasteiger partial charge >= 0.3 is 5.97 Å². The maximum atomic E-state index is 11.7. The van der Waals surface area contributed by atoms with Crippen LogP contribution in [0, 0.1) is 0 Å². The Morgan fingerprint density at radius 3 is 2.13 bits per heavy atom. The lowest BCUT2D eigenvalue weighted by atomic mass is 10.2. The van der Waals surface area contributed by atoms with Crippen molar-refractivity contribution in [3.05, 3.63) is 66.2 Å². The number of amides is 2. The van der Waals surface area contributed by atoms with E-state index in [4.69, 9.17) is 4.74 Å². The Morgan fingerprint density at radius 1 is 0.870 bits per heavy atom. The Bertz CT molecular complexity index is 672. The minimum atomic E-state index is -0.683. The second kappa shape index (κ2) is 8.33. The van der Waals surface area contributed by atoms with Crippen molar-refractivity contribution >= 4 is 23.5 Å². The third-order valence-electron chi connectivity index (χ3n) is 2.85. The monoisotopic (exact) mass is 312 g/mol. The van der Waals surface area contributed by atoms with Gasteiger partial charge in [0.25, 0.3) is 11.8 Å². The summed E-state index contributed by atoms with van der Waals surface area (Å²) in [4.78, 5) is 34.8. The number of para-hydroxylation sites is 1. The molecule has 6 heteroatoms. The number of hydrogen-bond donors (Lipinski definition) is 2. The maximum Gasteiger partial charge on any atom is 0.325 e. The third kappa shape index (κ3) is 5.62. The van der Waals surface area contributed by atoms with Crippen LogP contribution in [-0.2, 0) is 14.3 Å². The normalized spacial score (nSPS) is 9.74. The van der Waals surface area contributed by atoms with Crippen molar-refractivity contribution < 1.29 is 19.1 Å². The molecule has 0 aliphatic rings. The molecule has 2 aromatic carbocycles. The summed E-state index contributed by atoms with van der Waals surface area (Å²) in [5.41, 5.74) is 1.06. The van der Waals surface area contributed by atoms with Gasteiger partial charge in [0.15, 0.2) is 6.61 Å². The van der Waals surface area contributed by atoms with Crippen molar-refractivity contribution in [2.45, 2.75) is 0 Å². The van der Waals surface area contributed by atoms with Crippen molar-refractivity contribution in [1.29, 1.82) is 0 Å². The first-order chi connectivity index (χ1) is 11.1. The second-order valence-electron chi connectivity index (χ2n) is 4.62. The van der Waals surface area contributed by atoms with Crippen LogP contribution < -0.4 is 10.6 Å². The summed E-state index contributed by atoms with van der Waals surface area (Å²) in [6.07, 6.45) is 0. The highest BCUT2D eigenvalue weighted by Gasteiger charge is 2.10. The minimum Gasteiger partial charge on any atom is -0.454 e. The average molecular weight is 312 g/mol. The zero-order valence-corrected chi connectivity index (χ0v) is 12.3. The van der Waals surface area contributed by atoms with Gasteiger partial charge in [0.1, 0.15) is 6.54 Å². The highest BCUT2D eigenvalue weighted by molar-refractivity contribution is 5.96. The van der Waals surface area contributed by atoms with Crippen molar-refractivity contribution in [2.24, 2.45) is 0 Å². The van der Waals surface area contributed by atoms with Gasteiger partial charge in [-0.15, -0.1) is 0 Å². The molecule has 0 atom stereocenters. The van der Waals surface area contributed by atoms with Gasteiger partial charge in [-0.1, -0.05) is 36.4 Å². The SMILES string of the molecule is O=C(COC(=O)CNC(=O)c1ccccc1)Nc1ccccc1. The van der Waals surface area contributed by atoms with Gasteiger partial charge < -0.3 is 15.4 Å². The van der Waals surface area contributed by atoms with Crippen molar-refractivity contribution in [2.75, 3.05) is 18.5 Å². The number of carbonyl (C=O) groups is 3. The van der Waals surface area contributed by atoms with Crippen molar-refractivity contribution in [3.63, 3.8) is 0 Å². The van der Waals surface area contributed by atoms with Crippen molar-refractivity contribution in [3.8, 4) is 0 Å². The van der Waals surface area contributed by atoms with Crippen LogP contribution >= 0.6 is 0 Å². The highest BCUT2D eigenvalue weighted by Crippen LogP contribution is 2.04. The van der Waals surface area contributed by atoms with E-state index in [0.29, 0.717) is 11.3 Å². The van der Waals surface area contributed by atoms with Crippen LogP contribution in [-0.4, -0.2) is 30.9 Å². The van der Waals surface area contributed by atoms with Gasteiger partial charge in [0.05, 0.1) is 0 Å². The van der Waals surface area contributed by atoms with Gasteiger partial charge in [0, 0.05) is 11.3 Å². The van der Waals surface area contributed by atoms with E-state index in [1.54, 1.807) is 54.6 Å². The highest BCUT2D eigenvalue weighted by atomic mass is 16.5. The van der Waals surface area contributed by atoms with Crippen LogP contribution in [0.25, 0.3) is 0 Å². The fraction of sp³-hybridized carbons (Fsp3) is 0.118. The molecule has 0 heterocycles. The summed E-state index contributed by atoms with van der Waals surface area (Å²) in [5.74, 6) is -1.51. The number of benzene rings is 2. The van der Waals surface area contributed by atoms with Crippen LogP contribution in [0.15, 0.2) is 60.7 Å². The zero-order chi connectivity index (χ0) is 16.5. The molecule has 0 aliphatic heterocycles. The molecule has 0 saturated carbocycles. The molecule has 0 aromatic heterocycles. The standard InChI is InChI=1S/C17H16N2O4/c20-15(19-14-9-5-2-6-10-14)12-23-16(21)11-18-17(22)13-7-3-1-4-8-13/h1-10H,11-12H2,(H,18,22)(H,19,20). The summed E-state index contributed by atoms with van der Waals surface area (Å²) in [5, 5.41) is 5.01. The molecule has 2 N–H and O–H groups in total. The van der Waals surface area contributed by atoms with Crippen molar-refractivity contribution in [1.82, 2.24) is 5.32 Å². The van der Waals surface area contributed by atoms with Gasteiger partial charge in [-0.25, -0.2) is 0 Å². The Hall–Kier alpha value is -3.15. The predicted octanol–water partition coefficient (Wildman–Crippen LogP) is 1.60. The fourth-order valence-corrected chi connectivity index (χ4v) is 1.76. The lowest BCUT2D eigenvalue weighted by molar-refractivity contribution is -0.146. The average Bonchev–Trinajstić information content (AvgIpc) is 2.59. The largest absolute Gasteiger partial charge is 0.454 e. The van der Waals surface area contributed by atoms with Crippen LogP contribution in [0.1, 0.15) is 10.4 Å². The molecule has 118 valence electrons. The summed E-state index contributed by atoms with van der Waals surface area (Å²) < 4.78 is 4.80. The molecule has 0 unspecified atom stereocenters. The van der Waals surface area contributed by atoms with Crippen LogP contribution in [0.3, 0.4) is 0 Å². The van der Waals surface area contributed by atoms with E-state index in [9.17, 15) is 14.4 Å². The molecule has 0 fully saturated rings. The number of rotatable bonds is 6. The van der Waals surface area contributed by atoms with E-state index in [0.717, 1.165) is 0 Å². The van der Waals surface area contributed by atoms with Gasteiger partial charge in [-0.3, -0.25) is 14.4 Å². The Kier molecular flexibility index (Phi) is 5.88. The van der Waals surface area contributed by atoms with E-state index in [1.807, 2.05) is 6.07 Å². The summed E-state index contributed by atoms with van der Waals surface area (Å²) >= 11 is 0. The number of anilines is 1. The Labute approximate surface area is 133 Å². The molecule has 0 saturated heterocycles. The molecule has 23 heavy (non-hydrogen) atoms. The van der Waals surface area contributed by atoms with Crippen LogP contribution in [0.5, 0.6) is 0 Å². The minimum absolute atomic E-state index is 0.299. The van der Waals surface area contributed by atoms with Crippen LogP contribution in [0.2, 0.25) is 0 Å². The first kappa shape index (κ1) is 16.2. The number of carbonyl (C=O) groups excluding carboxylic acids is 3. The number of nitrogens with one attached hydrogen (secondary N) is 2. The molecule has 0 radical (unpaired) electrons. The molecule has 0 spiro atoms. The third-order valence-corrected chi connectivity index (χ3v) is 2.85. The van der Waals surface area contributed by atoms with E-state index in [2.05, 4.69) is 10.6 Å². The Morgan fingerprint density at radius 2 is 1.48 bits per heavy atom. The number of esters is 1. The smallest absolute Gasteiger partial charge is 0.325 e. The lowest BCUT2D eigenvalue weighted by Crippen LogP contribution is -2.32. The molecule has 0 bridgehead atoms. The molecule has 6 nitrogen and oxygen atoms in total. The van der Waals surface area contributed by atoms with E-state index < -0.39 is 18.5 Å². The second-order valence-corrected chi connectivity index (χ2v) is 4.62.